The van der Waals surface area contributed by atoms with Gasteiger partial charge in [0, 0.05) is 22.6 Å². The van der Waals surface area contributed by atoms with Gasteiger partial charge in [0.05, 0.1) is 24.3 Å². The summed E-state index contributed by atoms with van der Waals surface area (Å²) in [5.74, 6) is 1.12. The molecule has 6 nitrogen and oxygen atoms in total. The van der Waals surface area contributed by atoms with Crippen LogP contribution in [0.4, 0.5) is 5.69 Å². The number of fused-ring (bicyclic) bond motifs is 1. The van der Waals surface area contributed by atoms with E-state index < -0.39 is 9.84 Å². The Kier molecular flexibility index (Phi) is 6.50. The Morgan fingerprint density at radius 2 is 1.85 bits per heavy atom. The highest BCUT2D eigenvalue weighted by molar-refractivity contribution is 7.91. The van der Waals surface area contributed by atoms with E-state index in [1.807, 2.05) is 25.1 Å². The van der Waals surface area contributed by atoms with E-state index in [0.29, 0.717) is 29.7 Å². The molecule has 1 atom stereocenters. The number of rotatable bonds is 7. The molecule has 3 aromatic rings. The SMILES string of the molecule is COc1cc([C@H]2CC(=O)Nc3c(S(=O)(=O)c4ccc(C)cc4)csc32)ccc1OCC(C)C. The minimum absolute atomic E-state index is 0.133. The molecular weight excluding hydrogens is 458 g/mol. The Hall–Kier alpha value is -2.84. The van der Waals surface area contributed by atoms with Crippen LogP contribution in [0, 0.1) is 12.8 Å². The van der Waals surface area contributed by atoms with Gasteiger partial charge in [0.2, 0.25) is 15.7 Å². The second-order valence-corrected chi connectivity index (χ2v) is 11.4. The lowest BCUT2D eigenvalue weighted by molar-refractivity contribution is -0.116. The summed E-state index contributed by atoms with van der Waals surface area (Å²) in [7, 11) is -2.19. The van der Waals surface area contributed by atoms with Crippen molar-refractivity contribution in [2.24, 2.45) is 5.92 Å². The molecule has 0 saturated carbocycles. The Bertz CT molecular complexity index is 1280. The van der Waals surface area contributed by atoms with E-state index in [9.17, 15) is 13.2 Å². The van der Waals surface area contributed by atoms with Crippen LogP contribution in [0.2, 0.25) is 0 Å². The second kappa shape index (κ2) is 9.19. The van der Waals surface area contributed by atoms with Crippen LogP contribution < -0.4 is 14.8 Å². The number of carbonyl (C=O) groups is 1. The molecule has 1 N–H and O–H groups in total. The van der Waals surface area contributed by atoms with Crippen LogP contribution >= 0.6 is 11.3 Å². The van der Waals surface area contributed by atoms with Crippen molar-refractivity contribution in [2.45, 2.75) is 42.9 Å². The van der Waals surface area contributed by atoms with Crippen molar-refractivity contribution >= 4 is 32.8 Å². The summed E-state index contributed by atoms with van der Waals surface area (Å²) in [6, 6.07) is 12.4. The van der Waals surface area contributed by atoms with E-state index in [0.717, 1.165) is 16.0 Å². The predicted molar refractivity (Wildman–Crippen MR) is 129 cm³/mol. The molecule has 0 radical (unpaired) electrons. The van der Waals surface area contributed by atoms with E-state index in [1.54, 1.807) is 36.8 Å². The molecule has 33 heavy (non-hydrogen) atoms. The molecule has 8 heteroatoms. The lowest BCUT2D eigenvalue weighted by atomic mass is 9.90. The first-order valence-corrected chi connectivity index (χ1v) is 13.1. The number of thiophene rings is 1. The summed E-state index contributed by atoms with van der Waals surface area (Å²) in [6.45, 7) is 6.61. The molecule has 2 aromatic carbocycles. The molecule has 0 saturated heterocycles. The third-order valence-electron chi connectivity index (χ3n) is 5.54. The van der Waals surface area contributed by atoms with Gasteiger partial charge in [-0.3, -0.25) is 4.79 Å². The maximum Gasteiger partial charge on any atom is 0.225 e. The molecule has 0 unspecified atom stereocenters. The lowest BCUT2D eigenvalue weighted by Gasteiger charge is -2.24. The van der Waals surface area contributed by atoms with Crippen LogP contribution in [0.25, 0.3) is 0 Å². The highest BCUT2D eigenvalue weighted by Crippen LogP contribution is 2.47. The van der Waals surface area contributed by atoms with Gasteiger partial charge in [-0.05, 0) is 42.7 Å². The summed E-state index contributed by atoms with van der Waals surface area (Å²) in [5.41, 5.74) is 2.23. The van der Waals surface area contributed by atoms with Crippen LogP contribution in [0.5, 0.6) is 11.5 Å². The van der Waals surface area contributed by atoms with Gasteiger partial charge in [-0.15, -0.1) is 11.3 Å². The highest BCUT2D eigenvalue weighted by atomic mass is 32.2. The fraction of sp³-hybridized carbons (Fsp3) is 0.320. The normalized spacial score (nSPS) is 15.8. The maximum absolute atomic E-state index is 13.3. The molecule has 4 rings (SSSR count). The van der Waals surface area contributed by atoms with Gasteiger partial charge in [-0.2, -0.15) is 0 Å². The summed E-state index contributed by atoms with van der Waals surface area (Å²) >= 11 is 1.35. The fourth-order valence-electron chi connectivity index (χ4n) is 3.79. The number of ether oxygens (including phenoxy) is 2. The predicted octanol–water partition coefficient (Wildman–Crippen LogP) is 5.41. The monoisotopic (exact) mass is 485 g/mol. The molecule has 1 aliphatic rings. The molecular formula is C25H27NO5S2. The number of aryl methyl sites for hydroxylation is 1. The Labute approximate surface area is 198 Å². The van der Waals surface area contributed by atoms with Crippen molar-refractivity contribution in [3.05, 3.63) is 63.8 Å². The number of carbonyl (C=O) groups excluding carboxylic acids is 1. The number of nitrogens with one attached hydrogen (secondary N) is 1. The first-order chi connectivity index (χ1) is 15.7. The van der Waals surface area contributed by atoms with Crippen molar-refractivity contribution in [3.63, 3.8) is 0 Å². The fourth-order valence-corrected chi connectivity index (χ4v) is 6.70. The number of anilines is 1. The zero-order valence-corrected chi connectivity index (χ0v) is 20.7. The Balaban J connectivity index is 1.73. The molecule has 1 aliphatic heterocycles. The van der Waals surface area contributed by atoms with Gasteiger partial charge in [0.25, 0.3) is 0 Å². The molecule has 1 amide bonds. The smallest absolute Gasteiger partial charge is 0.225 e. The van der Waals surface area contributed by atoms with E-state index in [4.69, 9.17) is 9.47 Å². The lowest BCUT2D eigenvalue weighted by Crippen LogP contribution is -2.23. The zero-order valence-electron chi connectivity index (χ0n) is 19.0. The number of hydrogen-bond donors (Lipinski definition) is 1. The molecule has 174 valence electrons. The van der Waals surface area contributed by atoms with Crippen LogP contribution in [-0.2, 0) is 14.6 Å². The van der Waals surface area contributed by atoms with Crippen LogP contribution in [0.3, 0.4) is 0 Å². The third kappa shape index (κ3) is 4.63. The minimum atomic E-state index is -3.77. The van der Waals surface area contributed by atoms with E-state index in [1.165, 1.54) is 11.3 Å². The van der Waals surface area contributed by atoms with Gasteiger partial charge >= 0.3 is 0 Å². The van der Waals surface area contributed by atoms with Gasteiger partial charge in [0.1, 0.15) is 4.90 Å². The van der Waals surface area contributed by atoms with E-state index >= 15 is 0 Å². The largest absolute Gasteiger partial charge is 0.493 e. The summed E-state index contributed by atoms with van der Waals surface area (Å²) in [6.07, 6.45) is 0.229. The van der Waals surface area contributed by atoms with E-state index in [-0.39, 0.29) is 28.0 Å². The van der Waals surface area contributed by atoms with Gasteiger partial charge in [-0.1, -0.05) is 37.6 Å². The second-order valence-electron chi connectivity index (χ2n) is 8.58. The summed E-state index contributed by atoms with van der Waals surface area (Å²) in [5, 5.41) is 4.43. The van der Waals surface area contributed by atoms with Gasteiger partial charge in [-0.25, -0.2) is 8.42 Å². The minimum Gasteiger partial charge on any atom is -0.493 e. The molecule has 0 aliphatic carbocycles. The van der Waals surface area contributed by atoms with Crippen LogP contribution in [0.15, 0.2) is 57.6 Å². The van der Waals surface area contributed by atoms with Crippen molar-refractivity contribution in [1.82, 2.24) is 0 Å². The van der Waals surface area contributed by atoms with Crippen molar-refractivity contribution < 1.29 is 22.7 Å². The zero-order chi connectivity index (χ0) is 23.8. The number of hydrogen-bond acceptors (Lipinski definition) is 6. The number of methoxy groups -OCH3 is 1. The Morgan fingerprint density at radius 1 is 1.12 bits per heavy atom. The molecule has 1 aromatic heterocycles. The molecule has 0 spiro atoms. The van der Waals surface area contributed by atoms with Gasteiger partial charge < -0.3 is 14.8 Å². The Morgan fingerprint density at radius 3 is 2.52 bits per heavy atom. The highest BCUT2D eigenvalue weighted by Gasteiger charge is 2.34. The van der Waals surface area contributed by atoms with Gasteiger partial charge in [0.15, 0.2) is 11.5 Å². The summed E-state index contributed by atoms with van der Waals surface area (Å²) < 4.78 is 38.0. The van der Waals surface area contributed by atoms with Crippen molar-refractivity contribution in [1.29, 1.82) is 0 Å². The van der Waals surface area contributed by atoms with Crippen molar-refractivity contribution in [2.75, 3.05) is 19.0 Å². The number of benzene rings is 2. The molecule has 0 bridgehead atoms. The maximum atomic E-state index is 13.3. The topological polar surface area (TPSA) is 81.7 Å². The molecule has 0 fully saturated rings. The third-order valence-corrected chi connectivity index (χ3v) is 8.58. The first-order valence-electron chi connectivity index (χ1n) is 10.7. The standard InChI is InChI=1S/C25H27NO5S2/c1-15(2)13-31-20-10-7-17(11-21(20)30-4)19-12-23(27)26-24-22(14-32-25(19)24)33(28,29)18-8-5-16(3)6-9-18/h5-11,14-15,19H,12-13H2,1-4H3,(H,26,27)/t19-/m1/s1. The van der Waals surface area contributed by atoms with Crippen LogP contribution in [0.1, 0.15) is 42.2 Å². The number of amides is 1. The van der Waals surface area contributed by atoms with Crippen molar-refractivity contribution in [3.8, 4) is 11.5 Å². The molecule has 2 heterocycles. The average Bonchev–Trinajstić information content (AvgIpc) is 3.21. The van der Waals surface area contributed by atoms with E-state index in [2.05, 4.69) is 19.2 Å². The summed E-state index contributed by atoms with van der Waals surface area (Å²) in [4.78, 5) is 13.8. The average molecular weight is 486 g/mol. The van der Waals surface area contributed by atoms with Crippen LogP contribution in [-0.4, -0.2) is 28.0 Å². The first kappa shape index (κ1) is 23.3. The quantitative estimate of drug-likeness (QED) is 0.484. The number of sulfone groups is 1.